The fourth-order valence-electron chi connectivity index (χ4n) is 5.66. The number of benzene rings is 2. The third-order valence-corrected chi connectivity index (χ3v) is 8.18. The molecule has 3 aromatic rings. The van der Waals surface area contributed by atoms with Crippen molar-refractivity contribution in [2.24, 2.45) is 5.92 Å². The minimum Gasteiger partial charge on any atom is -0.446 e. The van der Waals surface area contributed by atoms with Crippen LogP contribution in [0.4, 0.5) is 10.5 Å². The number of aromatic nitrogens is 1. The molecule has 0 radical (unpaired) electrons. The van der Waals surface area contributed by atoms with Gasteiger partial charge in [0, 0.05) is 35.8 Å². The van der Waals surface area contributed by atoms with Crippen molar-refractivity contribution in [3.05, 3.63) is 53.6 Å². The topological polar surface area (TPSA) is 87.4 Å². The molecule has 2 saturated carbocycles. The van der Waals surface area contributed by atoms with E-state index in [2.05, 4.69) is 16.0 Å². The van der Waals surface area contributed by atoms with Gasteiger partial charge in [0.1, 0.15) is 12.2 Å². The van der Waals surface area contributed by atoms with E-state index in [-0.39, 0.29) is 12.0 Å². The highest BCUT2D eigenvalue weighted by molar-refractivity contribution is 6.02. The van der Waals surface area contributed by atoms with Crippen molar-refractivity contribution in [3.63, 3.8) is 0 Å². The maximum absolute atomic E-state index is 13.1. The number of nitrogens with zero attached hydrogens (tertiary/aromatic N) is 3. The van der Waals surface area contributed by atoms with E-state index < -0.39 is 6.09 Å². The van der Waals surface area contributed by atoms with Crippen molar-refractivity contribution >= 4 is 28.6 Å². The number of likely N-dealkylation sites (tertiary alicyclic amines) is 1. The van der Waals surface area contributed by atoms with Crippen molar-refractivity contribution in [3.8, 4) is 17.3 Å². The fourth-order valence-corrected chi connectivity index (χ4v) is 5.66. The first-order chi connectivity index (χ1) is 18.0. The zero-order valence-electron chi connectivity index (χ0n) is 21.2. The predicted octanol–water partition coefficient (Wildman–Crippen LogP) is 6.49. The lowest BCUT2D eigenvalue weighted by atomic mass is 9.92. The van der Waals surface area contributed by atoms with Crippen molar-refractivity contribution < 1.29 is 14.3 Å². The van der Waals surface area contributed by atoms with E-state index in [4.69, 9.17) is 4.74 Å². The lowest BCUT2D eigenvalue weighted by Gasteiger charge is -2.30. The molecule has 6 rings (SSSR count). The maximum atomic E-state index is 13.1. The van der Waals surface area contributed by atoms with Crippen LogP contribution in [0.2, 0.25) is 0 Å². The molecule has 190 valence electrons. The molecule has 7 nitrogen and oxygen atoms in total. The van der Waals surface area contributed by atoms with E-state index in [1.54, 1.807) is 0 Å². The summed E-state index contributed by atoms with van der Waals surface area (Å²) in [6.45, 7) is 3.55. The van der Waals surface area contributed by atoms with Gasteiger partial charge in [0.25, 0.3) is 5.91 Å². The molecule has 3 fully saturated rings. The average molecular weight is 497 g/mol. The lowest BCUT2D eigenvalue weighted by molar-refractivity contribution is 0.0792. The van der Waals surface area contributed by atoms with Gasteiger partial charge < -0.3 is 14.2 Å². The minimum atomic E-state index is -0.441. The third kappa shape index (κ3) is 4.46. The first kappa shape index (κ1) is 23.6. The van der Waals surface area contributed by atoms with E-state index >= 15 is 0 Å². The summed E-state index contributed by atoms with van der Waals surface area (Å²) >= 11 is 0. The molecule has 2 aliphatic carbocycles. The number of hydrogen-bond donors (Lipinski definition) is 1. The number of amides is 2. The summed E-state index contributed by atoms with van der Waals surface area (Å²) in [4.78, 5) is 27.3. The second-order valence-corrected chi connectivity index (χ2v) is 10.7. The summed E-state index contributed by atoms with van der Waals surface area (Å²) in [5.74, 6) is 0.552. The van der Waals surface area contributed by atoms with Gasteiger partial charge in [-0.05, 0) is 87.6 Å². The summed E-state index contributed by atoms with van der Waals surface area (Å²) in [5, 5.41) is 13.9. The number of rotatable bonds is 6. The van der Waals surface area contributed by atoms with Gasteiger partial charge in [0.05, 0.1) is 16.8 Å². The predicted molar refractivity (Wildman–Crippen MR) is 142 cm³/mol. The molecule has 2 amide bonds. The third-order valence-electron chi connectivity index (χ3n) is 8.18. The quantitative estimate of drug-likeness (QED) is 0.423. The van der Waals surface area contributed by atoms with Crippen LogP contribution in [0.25, 0.3) is 22.2 Å². The molecule has 1 atom stereocenters. The van der Waals surface area contributed by atoms with Gasteiger partial charge in [0.15, 0.2) is 0 Å². The summed E-state index contributed by atoms with van der Waals surface area (Å²) in [7, 11) is 0. The molecule has 0 unspecified atom stereocenters. The minimum absolute atomic E-state index is 0.0686. The summed E-state index contributed by atoms with van der Waals surface area (Å²) in [5.41, 5.74) is 4.70. The second-order valence-electron chi connectivity index (χ2n) is 10.7. The van der Waals surface area contributed by atoms with Crippen molar-refractivity contribution in [2.45, 2.75) is 64.0 Å². The number of nitrogens with one attached hydrogen (secondary N) is 1. The van der Waals surface area contributed by atoms with Crippen LogP contribution in [0.15, 0.2) is 42.5 Å². The van der Waals surface area contributed by atoms with Crippen molar-refractivity contribution in [1.29, 1.82) is 5.26 Å². The van der Waals surface area contributed by atoms with Crippen LogP contribution in [0.3, 0.4) is 0 Å². The summed E-state index contributed by atoms with van der Waals surface area (Å²) < 4.78 is 7.75. The zero-order chi connectivity index (χ0) is 25.5. The number of carbonyl (C=O) groups is 2. The van der Waals surface area contributed by atoms with Crippen LogP contribution in [0, 0.1) is 17.2 Å². The highest BCUT2D eigenvalue weighted by Crippen LogP contribution is 2.43. The lowest BCUT2D eigenvalue weighted by Crippen LogP contribution is -2.27. The van der Waals surface area contributed by atoms with Crippen LogP contribution in [0.1, 0.15) is 73.8 Å². The van der Waals surface area contributed by atoms with E-state index in [9.17, 15) is 14.9 Å². The molecule has 0 bridgehead atoms. The molecular formula is C30H32N4O3. The second kappa shape index (κ2) is 9.59. The Kier molecular flexibility index (Phi) is 6.11. The van der Waals surface area contributed by atoms with Crippen LogP contribution in [-0.4, -0.2) is 40.7 Å². The monoisotopic (exact) mass is 496 g/mol. The molecule has 37 heavy (non-hydrogen) atoms. The van der Waals surface area contributed by atoms with E-state index in [0.29, 0.717) is 28.8 Å². The molecule has 1 saturated heterocycles. The largest absolute Gasteiger partial charge is 0.446 e. The van der Waals surface area contributed by atoms with Crippen LogP contribution in [0.5, 0.6) is 0 Å². The Morgan fingerprint density at radius 1 is 1.03 bits per heavy atom. The smallest absolute Gasteiger partial charge is 0.411 e. The van der Waals surface area contributed by atoms with Gasteiger partial charge in [-0.2, -0.15) is 5.26 Å². The van der Waals surface area contributed by atoms with Gasteiger partial charge in [-0.25, -0.2) is 4.79 Å². The van der Waals surface area contributed by atoms with Crippen molar-refractivity contribution in [1.82, 2.24) is 9.47 Å². The molecule has 1 N–H and O–H groups in total. The van der Waals surface area contributed by atoms with Gasteiger partial charge in [-0.3, -0.25) is 10.1 Å². The molecule has 7 heteroatoms. The SMILES string of the molecule is C[C@H](OC(=O)Nc1ccc(-c2c(C#N)c3ccc(C(=O)N4CCCC4)cc3n2C2CCC2)cc1)C1CC1. The van der Waals surface area contributed by atoms with E-state index in [1.165, 1.54) is 0 Å². The normalized spacial score (nSPS) is 18.3. The Balaban J connectivity index is 1.34. The molecule has 3 aliphatic rings. The highest BCUT2D eigenvalue weighted by Gasteiger charge is 2.31. The number of nitriles is 1. The summed E-state index contributed by atoms with van der Waals surface area (Å²) in [6.07, 6.45) is 7.09. The van der Waals surface area contributed by atoms with E-state index in [0.717, 1.165) is 80.2 Å². The first-order valence-electron chi connectivity index (χ1n) is 13.5. The standard InChI is InChI=1S/C30H32N4O3/c1-19(20-7-8-20)37-30(36)32-23-12-9-21(10-13-23)28-26(18-31)25-14-11-22(29(35)33-15-2-3-16-33)17-27(25)34(28)24-5-4-6-24/h9-14,17,19-20,24H,2-8,15-16H2,1H3,(H,32,36)/t19-/m0/s1. The number of ether oxygens (including phenoxy) is 1. The van der Waals surface area contributed by atoms with Crippen molar-refractivity contribution in [2.75, 3.05) is 18.4 Å². The first-order valence-corrected chi connectivity index (χ1v) is 13.5. The van der Waals surface area contributed by atoms with Gasteiger partial charge in [0.2, 0.25) is 0 Å². The molecule has 0 spiro atoms. The maximum Gasteiger partial charge on any atom is 0.411 e. The molecule has 1 aromatic heterocycles. The number of carbonyl (C=O) groups excluding carboxylic acids is 2. The Labute approximate surface area is 217 Å². The van der Waals surface area contributed by atoms with Crippen LogP contribution >= 0.6 is 0 Å². The van der Waals surface area contributed by atoms with E-state index in [1.807, 2.05) is 54.3 Å². The number of hydrogen-bond acceptors (Lipinski definition) is 4. The van der Waals surface area contributed by atoms with Gasteiger partial charge in [-0.15, -0.1) is 0 Å². The molecular weight excluding hydrogens is 464 g/mol. The summed E-state index contributed by atoms with van der Waals surface area (Å²) in [6, 6.07) is 16.1. The highest BCUT2D eigenvalue weighted by atomic mass is 16.6. The Morgan fingerprint density at radius 2 is 1.76 bits per heavy atom. The van der Waals surface area contributed by atoms with Crippen LogP contribution < -0.4 is 5.32 Å². The Morgan fingerprint density at radius 3 is 2.38 bits per heavy atom. The Bertz CT molecular complexity index is 1390. The van der Waals surface area contributed by atoms with Gasteiger partial charge >= 0.3 is 6.09 Å². The molecule has 2 heterocycles. The Hall–Kier alpha value is -3.79. The fraction of sp³-hybridized carbons (Fsp3) is 0.433. The average Bonchev–Trinajstić information content (AvgIpc) is 3.49. The van der Waals surface area contributed by atoms with Gasteiger partial charge in [-0.1, -0.05) is 18.2 Å². The molecule has 2 aromatic carbocycles. The van der Waals surface area contributed by atoms with Crippen LogP contribution in [-0.2, 0) is 4.74 Å². The number of anilines is 1. The molecule has 1 aliphatic heterocycles. The number of fused-ring (bicyclic) bond motifs is 1. The zero-order valence-corrected chi connectivity index (χ0v) is 21.2.